The van der Waals surface area contributed by atoms with Crippen molar-refractivity contribution in [2.45, 2.75) is 32.4 Å². The first-order valence-electron chi connectivity index (χ1n) is 9.88. The number of aromatic nitrogens is 5. The second-order valence-corrected chi connectivity index (χ2v) is 7.30. The number of anilines is 2. The standard InChI is InChI=1S/C22H22N6O/c1-15-5-8-20(24-13-15)27-22-23-10-9-18(26-22)16-6-7-17-14-25-28(19(17)12-16)21-4-2-3-11-29-21/h5-10,12-14,21H,2-4,11H2,1H3,(H,23,24,26,27). The number of hydrogen-bond donors (Lipinski definition) is 1. The van der Waals surface area contributed by atoms with Crippen molar-refractivity contribution >= 4 is 22.7 Å². The van der Waals surface area contributed by atoms with Gasteiger partial charge >= 0.3 is 0 Å². The van der Waals surface area contributed by atoms with Crippen molar-refractivity contribution in [3.8, 4) is 11.3 Å². The van der Waals surface area contributed by atoms with Gasteiger partial charge in [-0.15, -0.1) is 0 Å². The summed E-state index contributed by atoms with van der Waals surface area (Å²) in [6.45, 7) is 2.80. The summed E-state index contributed by atoms with van der Waals surface area (Å²) >= 11 is 0. The molecule has 1 aromatic carbocycles. The predicted molar refractivity (Wildman–Crippen MR) is 112 cm³/mol. The maximum absolute atomic E-state index is 5.93. The van der Waals surface area contributed by atoms with Crippen LogP contribution in [-0.4, -0.2) is 31.3 Å². The van der Waals surface area contributed by atoms with Gasteiger partial charge in [-0.25, -0.2) is 19.6 Å². The SMILES string of the molecule is Cc1ccc(Nc2nccc(-c3ccc4cnn(C5CCCCO5)c4c3)n2)nc1. The van der Waals surface area contributed by atoms with Gasteiger partial charge in [-0.3, -0.25) is 0 Å². The zero-order valence-corrected chi connectivity index (χ0v) is 16.2. The van der Waals surface area contributed by atoms with Crippen molar-refractivity contribution in [1.29, 1.82) is 0 Å². The Hall–Kier alpha value is -3.32. The molecule has 5 rings (SSSR count). The van der Waals surface area contributed by atoms with Gasteiger partial charge in [-0.05, 0) is 49.9 Å². The molecule has 3 aromatic heterocycles. The van der Waals surface area contributed by atoms with Gasteiger partial charge in [0.05, 0.1) is 17.4 Å². The summed E-state index contributed by atoms with van der Waals surface area (Å²) in [4.78, 5) is 13.4. The third-order valence-electron chi connectivity index (χ3n) is 5.13. The highest BCUT2D eigenvalue weighted by molar-refractivity contribution is 5.84. The van der Waals surface area contributed by atoms with Crippen molar-refractivity contribution in [3.63, 3.8) is 0 Å². The Kier molecular flexibility index (Phi) is 4.65. The molecule has 1 unspecified atom stereocenters. The minimum absolute atomic E-state index is 0.00624. The number of benzene rings is 1. The summed E-state index contributed by atoms with van der Waals surface area (Å²) in [5, 5.41) is 8.83. The van der Waals surface area contributed by atoms with Crippen LogP contribution >= 0.6 is 0 Å². The number of ether oxygens (including phenoxy) is 1. The smallest absolute Gasteiger partial charge is 0.228 e. The maximum Gasteiger partial charge on any atom is 0.228 e. The molecule has 1 atom stereocenters. The monoisotopic (exact) mass is 386 g/mol. The van der Waals surface area contributed by atoms with E-state index in [4.69, 9.17) is 4.74 Å². The number of rotatable bonds is 4. The summed E-state index contributed by atoms with van der Waals surface area (Å²) < 4.78 is 7.92. The lowest BCUT2D eigenvalue weighted by atomic mass is 10.1. The van der Waals surface area contributed by atoms with Crippen LogP contribution in [0.2, 0.25) is 0 Å². The highest BCUT2D eigenvalue weighted by Crippen LogP contribution is 2.29. The topological polar surface area (TPSA) is 77.8 Å². The van der Waals surface area contributed by atoms with Crippen LogP contribution in [0.25, 0.3) is 22.2 Å². The van der Waals surface area contributed by atoms with Crippen LogP contribution in [0.1, 0.15) is 31.1 Å². The normalized spacial score (nSPS) is 16.8. The average Bonchev–Trinajstić information content (AvgIpc) is 3.19. The van der Waals surface area contributed by atoms with E-state index in [1.54, 1.807) is 6.20 Å². The first kappa shape index (κ1) is 17.8. The van der Waals surface area contributed by atoms with E-state index in [2.05, 4.69) is 43.6 Å². The van der Waals surface area contributed by atoms with Crippen LogP contribution < -0.4 is 5.32 Å². The van der Waals surface area contributed by atoms with Crippen LogP contribution in [0.3, 0.4) is 0 Å². The lowest BCUT2D eigenvalue weighted by Crippen LogP contribution is -2.18. The molecule has 0 bridgehead atoms. The number of aryl methyl sites for hydroxylation is 1. The molecule has 1 aliphatic heterocycles. The highest BCUT2D eigenvalue weighted by Gasteiger charge is 2.19. The summed E-state index contributed by atoms with van der Waals surface area (Å²) in [6, 6.07) is 12.1. The van der Waals surface area contributed by atoms with Gasteiger partial charge in [0, 0.05) is 30.0 Å². The minimum atomic E-state index is 0.00624. The van der Waals surface area contributed by atoms with E-state index in [0.717, 1.165) is 53.0 Å². The number of nitrogens with one attached hydrogen (secondary N) is 1. The van der Waals surface area contributed by atoms with E-state index in [1.165, 1.54) is 6.42 Å². The molecular weight excluding hydrogens is 364 g/mol. The predicted octanol–water partition coefficient (Wildman–Crippen LogP) is 4.64. The van der Waals surface area contributed by atoms with Crippen molar-refractivity contribution in [3.05, 3.63) is 60.6 Å². The molecule has 1 aliphatic rings. The molecule has 29 heavy (non-hydrogen) atoms. The van der Waals surface area contributed by atoms with Gasteiger partial charge in [0.1, 0.15) is 5.82 Å². The van der Waals surface area contributed by atoms with E-state index in [-0.39, 0.29) is 6.23 Å². The van der Waals surface area contributed by atoms with E-state index in [9.17, 15) is 0 Å². The fourth-order valence-electron chi connectivity index (χ4n) is 3.58. The molecular formula is C22H22N6O. The summed E-state index contributed by atoms with van der Waals surface area (Å²) in [6.07, 6.45) is 8.75. The first-order valence-corrected chi connectivity index (χ1v) is 9.88. The molecule has 0 saturated carbocycles. The van der Waals surface area contributed by atoms with E-state index < -0.39 is 0 Å². The van der Waals surface area contributed by atoms with Crippen LogP contribution in [-0.2, 0) is 4.74 Å². The lowest BCUT2D eigenvalue weighted by molar-refractivity contribution is -0.0366. The van der Waals surface area contributed by atoms with Crippen LogP contribution in [0, 0.1) is 6.92 Å². The zero-order chi connectivity index (χ0) is 19.6. The van der Waals surface area contributed by atoms with Gasteiger partial charge in [0.25, 0.3) is 0 Å². The molecule has 7 heteroatoms. The average molecular weight is 386 g/mol. The Morgan fingerprint density at radius 1 is 1.07 bits per heavy atom. The third-order valence-corrected chi connectivity index (χ3v) is 5.13. The van der Waals surface area contributed by atoms with Gasteiger partial charge in [-0.2, -0.15) is 5.10 Å². The lowest BCUT2D eigenvalue weighted by Gasteiger charge is -2.23. The Labute approximate surface area is 168 Å². The van der Waals surface area contributed by atoms with Gasteiger partial charge in [0.15, 0.2) is 6.23 Å². The highest BCUT2D eigenvalue weighted by atomic mass is 16.5. The molecule has 7 nitrogen and oxygen atoms in total. The Balaban J connectivity index is 1.46. The van der Waals surface area contributed by atoms with Crippen molar-refractivity contribution in [2.24, 2.45) is 0 Å². The number of fused-ring (bicyclic) bond motifs is 1. The molecule has 0 radical (unpaired) electrons. The summed E-state index contributed by atoms with van der Waals surface area (Å²) in [5.41, 5.74) is 4.02. The molecule has 4 heterocycles. The second-order valence-electron chi connectivity index (χ2n) is 7.30. The fraction of sp³-hybridized carbons (Fsp3) is 0.273. The molecule has 1 fully saturated rings. The van der Waals surface area contributed by atoms with Crippen LogP contribution in [0.5, 0.6) is 0 Å². The number of hydrogen-bond acceptors (Lipinski definition) is 6. The third kappa shape index (κ3) is 3.69. The number of pyridine rings is 1. The van der Waals surface area contributed by atoms with Crippen molar-refractivity contribution < 1.29 is 4.74 Å². The van der Waals surface area contributed by atoms with Crippen LogP contribution in [0.15, 0.2) is 55.0 Å². The fourth-order valence-corrected chi connectivity index (χ4v) is 3.58. The van der Waals surface area contributed by atoms with E-state index in [1.807, 2.05) is 42.2 Å². The van der Waals surface area contributed by atoms with Crippen molar-refractivity contribution in [1.82, 2.24) is 24.7 Å². The molecule has 4 aromatic rings. The van der Waals surface area contributed by atoms with E-state index in [0.29, 0.717) is 5.95 Å². The Morgan fingerprint density at radius 3 is 2.86 bits per heavy atom. The maximum atomic E-state index is 5.93. The Morgan fingerprint density at radius 2 is 2.03 bits per heavy atom. The van der Waals surface area contributed by atoms with Crippen molar-refractivity contribution in [2.75, 3.05) is 11.9 Å². The largest absolute Gasteiger partial charge is 0.356 e. The molecule has 1 saturated heterocycles. The molecule has 1 N–H and O–H groups in total. The number of nitrogens with zero attached hydrogens (tertiary/aromatic N) is 5. The Bertz CT molecular complexity index is 1130. The summed E-state index contributed by atoms with van der Waals surface area (Å²) in [7, 11) is 0. The van der Waals surface area contributed by atoms with Crippen LogP contribution in [0.4, 0.5) is 11.8 Å². The zero-order valence-electron chi connectivity index (χ0n) is 16.2. The second kappa shape index (κ2) is 7.60. The van der Waals surface area contributed by atoms with E-state index >= 15 is 0 Å². The van der Waals surface area contributed by atoms with Gasteiger partial charge in [0.2, 0.25) is 5.95 Å². The van der Waals surface area contributed by atoms with Gasteiger partial charge < -0.3 is 10.1 Å². The van der Waals surface area contributed by atoms with Gasteiger partial charge in [-0.1, -0.05) is 18.2 Å². The summed E-state index contributed by atoms with van der Waals surface area (Å²) in [5.74, 6) is 1.23. The molecule has 0 aliphatic carbocycles. The quantitative estimate of drug-likeness (QED) is 0.550. The molecule has 0 spiro atoms. The molecule has 146 valence electrons. The molecule has 0 amide bonds. The minimum Gasteiger partial charge on any atom is -0.356 e. The first-order chi connectivity index (χ1) is 14.3.